The van der Waals surface area contributed by atoms with Crippen LogP contribution in [-0.4, -0.2) is 10.2 Å². The van der Waals surface area contributed by atoms with Gasteiger partial charge < -0.3 is 9.73 Å². The van der Waals surface area contributed by atoms with Gasteiger partial charge in [-0.15, -0.1) is 10.2 Å². The van der Waals surface area contributed by atoms with Crippen LogP contribution in [0.2, 0.25) is 0 Å². The zero-order valence-corrected chi connectivity index (χ0v) is 17.0. The Morgan fingerprint density at radius 3 is 2.75 bits per heavy atom. The first kappa shape index (κ1) is 18.7. The van der Waals surface area contributed by atoms with Crippen LogP contribution < -0.4 is 10.9 Å². The number of anilines is 1. The minimum Gasteiger partial charge on any atom is -0.423 e. The molecule has 7 heteroatoms. The summed E-state index contributed by atoms with van der Waals surface area (Å²) in [4.78, 5) is 11.9. The number of aromatic nitrogens is 2. The van der Waals surface area contributed by atoms with Gasteiger partial charge in [0.25, 0.3) is 0 Å². The van der Waals surface area contributed by atoms with Crippen LogP contribution in [0.15, 0.2) is 68.1 Å². The molecule has 0 atom stereocenters. The number of fused-ring (bicyclic) bond motifs is 1. The fraction of sp³-hybridized carbons (Fsp3) is 0.190. The summed E-state index contributed by atoms with van der Waals surface area (Å²) in [5, 5.41) is 13.5. The molecule has 0 saturated heterocycles. The van der Waals surface area contributed by atoms with Crippen molar-refractivity contribution in [3.05, 3.63) is 81.7 Å². The average molecular weight is 410 g/mol. The van der Waals surface area contributed by atoms with E-state index < -0.39 is 0 Å². The maximum absolute atomic E-state index is 11.9. The summed E-state index contributed by atoms with van der Waals surface area (Å²) in [6.07, 6.45) is 0.905. The highest BCUT2D eigenvalue weighted by molar-refractivity contribution is 8.00. The van der Waals surface area contributed by atoms with Crippen molar-refractivity contribution < 1.29 is 4.42 Å². The van der Waals surface area contributed by atoms with Gasteiger partial charge in [-0.2, -0.15) is 0 Å². The lowest BCUT2D eigenvalue weighted by Crippen LogP contribution is -2.00. The largest absolute Gasteiger partial charge is 0.423 e. The minimum atomic E-state index is -0.321. The first-order valence-corrected chi connectivity index (χ1v) is 10.8. The summed E-state index contributed by atoms with van der Waals surface area (Å²) in [5.74, 6) is 0.640. The third-order valence-electron chi connectivity index (χ3n) is 4.35. The van der Waals surface area contributed by atoms with Gasteiger partial charge in [0.1, 0.15) is 5.58 Å². The molecule has 0 aliphatic heterocycles. The maximum atomic E-state index is 11.9. The van der Waals surface area contributed by atoms with Crippen LogP contribution in [0.1, 0.15) is 23.6 Å². The number of thioether (sulfide) groups is 1. The molecule has 142 valence electrons. The Morgan fingerprint density at radius 1 is 1.07 bits per heavy atom. The summed E-state index contributed by atoms with van der Waals surface area (Å²) in [6.45, 7) is 2.79. The van der Waals surface area contributed by atoms with E-state index in [1.807, 2.05) is 30.3 Å². The standard InChI is InChI=1S/C21H19N3O2S2/c1-2-14-8-9-17-16(11-19(25)26-18(17)10-14)13-27-21-24-23-20(28-21)22-12-15-6-4-3-5-7-15/h3-11H,2,12-13H2,1H3,(H,22,23). The molecule has 5 nitrogen and oxygen atoms in total. The van der Waals surface area contributed by atoms with Crippen LogP contribution in [0.5, 0.6) is 0 Å². The van der Waals surface area contributed by atoms with E-state index in [0.29, 0.717) is 17.9 Å². The van der Waals surface area contributed by atoms with E-state index >= 15 is 0 Å². The second kappa shape index (κ2) is 8.58. The molecule has 0 amide bonds. The SMILES string of the molecule is CCc1ccc2c(CSc3nnc(NCc4ccccc4)s3)cc(=O)oc2c1. The Bertz CT molecular complexity index is 1140. The van der Waals surface area contributed by atoms with Gasteiger partial charge in [0.15, 0.2) is 4.34 Å². The van der Waals surface area contributed by atoms with E-state index in [1.165, 1.54) is 16.9 Å². The molecule has 4 rings (SSSR count). The lowest BCUT2D eigenvalue weighted by atomic mass is 10.1. The van der Waals surface area contributed by atoms with Crippen LogP contribution >= 0.6 is 23.1 Å². The van der Waals surface area contributed by atoms with E-state index in [4.69, 9.17) is 4.42 Å². The molecule has 0 bridgehead atoms. The Morgan fingerprint density at radius 2 is 1.93 bits per heavy atom. The highest BCUT2D eigenvalue weighted by Gasteiger charge is 2.10. The van der Waals surface area contributed by atoms with Crippen molar-refractivity contribution >= 4 is 39.2 Å². The summed E-state index contributed by atoms with van der Waals surface area (Å²) >= 11 is 3.09. The molecule has 0 spiro atoms. The normalized spacial score (nSPS) is 11.0. The molecular formula is C21H19N3O2S2. The summed E-state index contributed by atoms with van der Waals surface area (Å²) in [6, 6.07) is 17.8. The van der Waals surface area contributed by atoms with Crippen molar-refractivity contribution in [2.75, 3.05) is 5.32 Å². The van der Waals surface area contributed by atoms with Crippen molar-refractivity contribution in [3.63, 3.8) is 0 Å². The first-order chi connectivity index (χ1) is 13.7. The monoisotopic (exact) mass is 409 g/mol. The van der Waals surface area contributed by atoms with Crippen LogP contribution in [0.3, 0.4) is 0 Å². The van der Waals surface area contributed by atoms with Crippen molar-refractivity contribution in [2.45, 2.75) is 30.0 Å². The Hall–Kier alpha value is -2.64. The molecular weight excluding hydrogens is 390 g/mol. The molecule has 28 heavy (non-hydrogen) atoms. The summed E-state index contributed by atoms with van der Waals surface area (Å²) in [7, 11) is 0. The second-order valence-corrected chi connectivity index (χ2v) is 8.48. The van der Waals surface area contributed by atoms with Crippen molar-refractivity contribution in [1.29, 1.82) is 0 Å². The van der Waals surface area contributed by atoms with Gasteiger partial charge in [0.05, 0.1) is 0 Å². The molecule has 0 aliphatic carbocycles. The molecule has 0 saturated carbocycles. The minimum absolute atomic E-state index is 0.321. The highest BCUT2D eigenvalue weighted by Crippen LogP contribution is 2.30. The van der Waals surface area contributed by atoms with Crippen molar-refractivity contribution in [3.8, 4) is 0 Å². The number of rotatable bonds is 7. The Kier molecular flexibility index (Phi) is 5.73. The topological polar surface area (TPSA) is 68.0 Å². The number of nitrogens with one attached hydrogen (secondary N) is 1. The van der Waals surface area contributed by atoms with E-state index in [2.05, 4.69) is 40.6 Å². The summed E-state index contributed by atoms with van der Waals surface area (Å²) in [5.41, 5.74) is 3.62. The molecule has 2 aromatic carbocycles. The van der Waals surface area contributed by atoms with Crippen LogP contribution in [0, 0.1) is 0 Å². The molecule has 0 unspecified atom stereocenters. The van der Waals surface area contributed by atoms with Gasteiger partial charge in [0, 0.05) is 23.8 Å². The molecule has 0 fully saturated rings. The fourth-order valence-corrected chi connectivity index (χ4v) is 4.60. The predicted molar refractivity (Wildman–Crippen MR) is 115 cm³/mol. The fourth-order valence-electron chi connectivity index (χ4n) is 2.87. The molecule has 0 aliphatic rings. The average Bonchev–Trinajstić information content (AvgIpc) is 3.18. The number of benzene rings is 2. The smallest absolute Gasteiger partial charge is 0.336 e. The molecule has 1 N–H and O–H groups in total. The van der Waals surface area contributed by atoms with Gasteiger partial charge in [-0.1, -0.05) is 72.5 Å². The van der Waals surface area contributed by atoms with E-state index in [0.717, 1.165) is 32.4 Å². The Labute approximate surface area is 170 Å². The van der Waals surface area contributed by atoms with E-state index in [1.54, 1.807) is 17.8 Å². The highest BCUT2D eigenvalue weighted by atomic mass is 32.2. The van der Waals surface area contributed by atoms with Crippen LogP contribution in [0.25, 0.3) is 11.0 Å². The quantitative estimate of drug-likeness (QED) is 0.338. The van der Waals surface area contributed by atoms with Crippen molar-refractivity contribution in [2.24, 2.45) is 0 Å². The van der Waals surface area contributed by atoms with E-state index in [-0.39, 0.29) is 5.63 Å². The number of nitrogens with zero attached hydrogens (tertiary/aromatic N) is 2. The number of hydrogen-bond acceptors (Lipinski definition) is 7. The van der Waals surface area contributed by atoms with Crippen LogP contribution in [-0.2, 0) is 18.7 Å². The van der Waals surface area contributed by atoms with Crippen LogP contribution in [0.4, 0.5) is 5.13 Å². The maximum Gasteiger partial charge on any atom is 0.336 e. The predicted octanol–water partition coefficient (Wildman–Crippen LogP) is 5.11. The van der Waals surface area contributed by atoms with Crippen molar-refractivity contribution in [1.82, 2.24) is 10.2 Å². The zero-order chi connectivity index (χ0) is 19.3. The van der Waals surface area contributed by atoms with E-state index in [9.17, 15) is 4.79 Å². The van der Waals surface area contributed by atoms with Gasteiger partial charge in [-0.25, -0.2) is 4.79 Å². The van der Waals surface area contributed by atoms with Gasteiger partial charge in [0.2, 0.25) is 5.13 Å². The first-order valence-electron chi connectivity index (χ1n) is 9.01. The lowest BCUT2D eigenvalue weighted by molar-refractivity contribution is 0.559. The van der Waals surface area contributed by atoms with Gasteiger partial charge in [-0.05, 0) is 29.2 Å². The van der Waals surface area contributed by atoms with Gasteiger partial charge in [-0.3, -0.25) is 0 Å². The second-order valence-electron chi connectivity index (χ2n) is 6.28. The molecule has 4 aromatic rings. The third kappa shape index (κ3) is 4.43. The molecule has 2 aromatic heterocycles. The number of aryl methyl sites for hydroxylation is 1. The zero-order valence-electron chi connectivity index (χ0n) is 15.3. The molecule has 2 heterocycles. The third-order valence-corrected chi connectivity index (χ3v) is 6.41. The summed E-state index contributed by atoms with van der Waals surface area (Å²) < 4.78 is 6.24. The lowest BCUT2D eigenvalue weighted by Gasteiger charge is -2.05. The van der Waals surface area contributed by atoms with Gasteiger partial charge >= 0.3 is 5.63 Å². The number of hydrogen-bond donors (Lipinski definition) is 1. The Balaban J connectivity index is 1.45. The molecule has 0 radical (unpaired) electrons.